The van der Waals surface area contributed by atoms with Gasteiger partial charge in [0.1, 0.15) is 0 Å². The summed E-state index contributed by atoms with van der Waals surface area (Å²) in [7, 11) is -3.95. The van der Waals surface area contributed by atoms with Gasteiger partial charge in [0, 0.05) is 49.9 Å². The number of hydrogen-bond acceptors (Lipinski definition) is 6. The van der Waals surface area contributed by atoms with E-state index >= 15 is 0 Å². The van der Waals surface area contributed by atoms with Crippen molar-refractivity contribution in [1.29, 1.82) is 0 Å². The molecular weight excluding hydrogens is 468 g/mol. The van der Waals surface area contributed by atoms with Gasteiger partial charge in [0.2, 0.25) is 10.0 Å². The third-order valence-electron chi connectivity index (χ3n) is 6.37. The first-order valence-corrected chi connectivity index (χ1v) is 12.5. The molecule has 0 bridgehead atoms. The van der Waals surface area contributed by atoms with E-state index in [0.29, 0.717) is 16.6 Å². The highest BCUT2D eigenvalue weighted by Gasteiger charge is 2.33. The topological polar surface area (TPSA) is 114 Å². The van der Waals surface area contributed by atoms with Crippen molar-refractivity contribution in [3.05, 3.63) is 88.1 Å². The predicted octanol–water partition coefficient (Wildman–Crippen LogP) is 3.75. The Labute approximate surface area is 201 Å². The lowest BCUT2D eigenvalue weighted by Crippen LogP contribution is -2.50. The smallest absolute Gasteiger partial charge is 0.270 e. The average Bonchev–Trinajstić information content (AvgIpc) is 2.88. The minimum Gasteiger partial charge on any atom is -0.336 e. The van der Waals surface area contributed by atoms with E-state index in [0.717, 1.165) is 22.2 Å². The van der Waals surface area contributed by atoms with Gasteiger partial charge in [0.25, 0.3) is 11.6 Å². The number of rotatable bonds is 4. The number of benzene rings is 3. The summed E-state index contributed by atoms with van der Waals surface area (Å²) in [5, 5.41) is 14.0. The van der Waals surface area contributed by atoms with Crippen LogP contribution in [0.2, 0.25) is 0 Å². The molecule has 1 aliphatic rings. The van der Waals surface area contributed by atoms with Crippen LogP contribution < -0.4 is 0 Å². The standard InChI is InChI=1S/C25H22N4O5S/c1-17-8-9-19(29(31)32)16-23(17)35(33,34)28-13-11-27(12-14-28)25(30)22-15-18-5-2-3-6-20(18)21-7-4-10-26-24(21)22/h2-10,15-16H,11-14H2,1H3. The van der Waals surface area contributed by atoms with E-state index in [1.54, 1.807) is 18.0 Å². The molecule has 1 aromatic heterocycles. The molecule has 1 fully saturated rings. The van der Waals surface area contributed by atoms with Crippen LogP contribution in [0.5, 0.6) is 0 Å². The fraction of sp³-hybridized carbons (Fsp3) is 0.200. The zero-order chi connectivity index (χ0) is 24.7. The summed E-state index contributed by atoms with van der Waals surface area (Å²) >= 11 is 0. The van der Waals surface area contributed by atoms with Gasteiger partial charge in [-0.1, -0.05) is 36.4 Å². The van der Waals surface area contributed by atoms with E-state index in [1.165, 1.54) is 16.4 Å². The summed E-state index contributed by atoms with van der Waals surface area (Å²) in [5.74, 6) is -0.206. The van der Waals surface area contributed by atoms with Gasteiger partial charge in [-0.05, 0) is 35.4 Å². The van der Waals surface area contributed by atoms with Crippen LogP contribution in [0.15, 0.2) is 71.8 Å². The van der Waals surface area contributed by atoms with Crippen LogP contribution in [0.3, 0.4) is 0 Å². The molecule has 35 heavy (non-hydrogen) atoms. The second-order valence-corrected chi connectivity index (χ2v) is 10.4. The van der Waals surface area contributed by atoms with Gasteiger partial charge in [0.05, 0.1) is 20.9 Å². The SMILES string of the molecule is Cc1ccc([N+](=O)[O-])cc1S(=O)(=O)N1CCN(C(=O)c2cc3ccccc3c3cccnc23)CC1. The van der Waals surface area contributed by atoms with Crippen molar-refractivity contribution in [3.8, 4) is 0 Å². The zero-order valence-corrected chi connectivity index (χ0v) is 19.7. The molecular formula is C25H22N4O5S. The highest BCUT2D eigenvalue weighted by molar-refractivity contribution is 7.89. The van der Waals surface area contributed by atoms with Crippen LogP contribution in [0, 0.1) is 17.0 Å². The Morgan fingerprint density at radius 1 is 0.971 bits per heavy atom. The number of nitro benzene ring substituents is 1. The van der Waals surface area contributed by atoms with Crippen LogP contribution in [0.25, 0.3) is 21.7 Å². The van der Waals surface area contributed by atoms with Gasteiger partial charge in [-0.3, -0.25) is 19.9 Å². The van der Waals surface area contributed by atoms with Gasteiger partial charge in [-0.25, -0.2) is 8.42 Å². The summed E-state index contributed by atoms with van der Waals surface area (Å²) in [6, 6.07) is 17.2. The molecule has 9 nitrogen and oxygen atoms in total. The van der Waals surface area contributed by atoms with E-state index in [4.69, 9.17) is 0 Å². The number of nitrogens with zero attached hydrogens (tertiary/aromatic N) is 4. The summed E-state index contributed by atoms with van der Waals surface area (Å²) in [6.45, 7) is 2.19. The number of sulfonamides is 1. The molecule has 0 aliphatic carbocycles. The van der Waals surface area contributed by atoms with E-state index < -0.39 is 14.9 Å². The molecule has 0 saturated carbocycles. The first-order valence-electron chi connectivity index (χ1n) is 11.1. The fourth-order valence-corrected chi connectivity index (χ4v) is 6.18. The number of carbonyl (C=O) groups is 1. The van der Waals surface area contributed by atoms with Crippen molar-refractivity contribution >= 4 is 43.3 Å². The van der Waals surface area contributed by atoms with E-state index in [-0.39, 0.29) is 42.7 Å². The molecule has 1 amide bonds. The molecule has 1 aliphatic heterocycles. The molecule has 3 aromatic carbocycles. The number of piperazine rings is 1. The zero-order valence-electron chi connectivity index (χ0n) is 18.9. The first-order chi connectivity index (χ1) is 16.8. The van der Waals surface area contributed by atoms with Crippen molar-refractivity contribution < 1.29 is 18.1 Å². The van der Waals surface area contributed by atoms with E-state index in [2.05, 4.69) is 4.98 Å². The van der Waals surface area contributed by atoms with E-state index in [1.807, 2.05) is 42.5 Å². The molecule has 0 unspecified atom stereocenters. The Balaban J connectivity index is 1.41. The number of non-ortho nitro benzene ring substituents is 1. The maximum Gasteiger partial charge on any atom is 0.270 e. The largest absolute Gasteiger partial charge is 0.336 e. The highest BCUT2D eigenvalue weighted by atomic mass is 32.2. The maximum atomic E-state index is 13.5. The van der Waals surface area contributed by atoms with Crippen LogP contribution in [-0.2, 0) is 10.0 Å². The molecule has 0 spiro atoms. The quantitative estimate of drug-likeness (QED) is 0.245. The third kappa shape index (κ3) is 4.00. The highest BCUT2D eigenvalue weighted by Crippen LogP contribution is 2.29. The Morgan fingerprint density at radius 2 is 1.69 bits per heavy atom. The molecule has 5 rings (SSSR count). The summed E-state index contributed by atoms with van der Waals surface area (Å²) in [5.41, 5.74) is 1.24. The minimum absolute atomic E-state index is 0.0869. The molecule has 2 heterocycles. The monoisotopic (exact) mass is 490 g/mol. The number of aryl methyl sites for hydroxylation is 1. The Morgan fingerprint density at radius 3 is 2.43 bits per heavy atom. The van der Waals surface area contributed by atoms with Crippen molar-refractivity contribution in [2.45, 2.75) is 11.8 Å². The lowest BCUT2D eigenvalue weighted by molar-refractivity contribution is -0.385. The number of fused-ring (bicyclic) bond motifs is 3. The number of pyridine rings is 1. The summed E-state index contributed by atoms with van der Waals surface area (Å²) in [4.78, 5) is 30.0. The molecule has 178 valence electrons. The molecule has 1 saturated heterocycles. The van der Waals surface area contributed by atoms with Crippen LogP contribution in [0.1, 0.15) is 15.9 Å². The third-order valence-corrected chi connectivity index (χ3v) is 8.41. The fourth-order valence-electron chi connectivity index (χ4n) is 4.51. The van der Waals surface area contributed by atoms with Crippen LogP contribution in [-0.4, -0.2) is 59.6 Å². The molecule has 4 aromatic rings. The van der Waals surface area contributed by atoms with Gasteiger partial charge in [0.15, 0.2) is 0 Å². The van der Waals surface area contributed by atoms with Crippen LogP contribution >= 0.6 is 0 Å². The Hall–Kier alpha value is -3.89. The van der Waals surface area contributed by atoms with Crippen LogP contribution in [0.4, 0.5) is 5.69 Å². The normalized spacial score (nSPS) is 14.9. The van der Waals surface area contributed by atoms with Gasteiger partial charge in [-0.15, -0.1) is 0 Å². The second-order valence-electron chi connectivity index (χ2n) is 8.45. The lowest BCUT2D eigenvalue weighted by atomic mass is 10.00. The average molecular weight is 491 g/mol. The number of nitro groups is 1. The van der Waals surface area contributed by atoms with Crippen molar-refractivity contribution in [2.75, 3.05) is 26.2 Å². The summed E-state index contributed by atoms with van der Waals surface area (Å²) < 4.78 is 27.8. The Kier molecular flexibility index (Phi) is 5.70. The lowest BCUT2D eigenvalue weighted by Gasteiger charge is -2.34. The van der Waals surface area contributed by atoms with Crippen molar-refractivity contribution in [3.63, 3.8) is 0 Å². The first kappa shape index (κ1) is 22.9. The number of carbonyl (C=O) groups excluding carboxylic acids is 1. The summed E-state index contributed by atoms with van der Waals surface area (Å²) in [6.07, 6.45) is 1.65. The molecule has 0 radical (unpaired) electrons. The predicted molar refractivity (Wildman–Crippen MR) is 132 cm³/mol. The molecule has 10 heteroatoms. The number of hydrogen-bond donors (Lipinski definition) is 0. The molecule has 0 N–H and O–H groups in total. The van der Waals surface area contributed by atoms with Gasteiger partial charge in [-0.2, -0.15) is 4.31 Å². The van der Waals surface area contributed by atoms with E-state index in [9.17, 15) is 23.3 Å². The van der Waals surface area contributed by atoms with Crippen molar-refractivity contribution in [1.82, 2.24) is 14.2 Å². The van der Waals surface area contributed by atoms with Crippen molar-refractivity contribution in [2.24, 2.45) is 0 Å². The molecule has 0 atom stereocenters. The second kappa shape index (κ2) is 8.71. The minimum atomic E-state index is -3.95. The number of aromatic nitrogens is 1. The maximum absolute atomic E-state index is 13.5. The van der Waals surface area contributed by atoms with Gasteiger partial charge < -0.3 is 4.90 Å². The Bertz CT molecular complexity index is 1590. The van der Waals surface area contributed by atoms with Gasteiger partial charge >= 0.3 is 0 Å². The number of amides is 1.